The number of aromatic nitrogens is 2. The molecule has 6 nitrogen and oxygen atoms in total. The van der Waals surface area contributed by atoms with Crippen molar-refractivity contribution in [1.29, 1.82) is 0 Å². The third-order valence-electron chi connectivity index (χ3n) is 2.73. The fourth-order valence-corrected chi connectivity index (χ4v) is 1.76. The van der Waals surface area contributed by atoms with Crippen LogP contribution in [-0.2, 0) is 10.9 Å². The molecular formula is C13H9F3N2O4. The molecule has 116 valence electrons. The number of carbonyl (C=O) groups is 1. The Hall–Kier alpha value is -2.84. The molecule has 0 saturated carbocycles. The van der Waals surface area contributed by atoms with Crippen LogP contribution in [0, 0.1) is 0 Å². The molecule has 2 aromatic rings. The third-order valence-corrected chi connectivity index (χ3v) is 2.73. The number of hydrogen-bond acceptors (Lipinski definition) is 5. The van der Waals surface area contributed by atoms with Gasteiger partial charge < -0.3 is 9.84 Å². The summed E-state index contributed by atoms with van der Waals surface area (Å²) in [7, 11) is 1.00. The topological polar surface area (TPSA) is 81.4 Å². The fraction of sp³-hybridized carbons (Fsp3) is 0.154. The summed E-state index contributed by atoms with van der Waals surface area (Å²) < 4.78 is 43.7. The van der Waals surface area contributed by atoms with Gasteiger partial charge in [-0.1, -0.05) is 12.1 Å². The summed E-state index contributed by atoms with van der Waals surface area (Å²) in [5.74, 6) is -1.87. The maximum Gasteiger partial charge on any atom is 0.418 e. The lowest BCUT2D eigenvalue weighted by Gasteiger charge is -2.14. The lowest BCUT2D eigenvalue weighted by atomic mass is 10.1. The van der Waals surface area contributed by atoms with Crippen LogP contribution in [-0.4, -0.2) is 28.0 Å². The van der Waals surface area contributed by atoms with Crippen LogP contribution in [0.15, 0.2) is 35.1 Å². The maximum absolute atomic E-state index is 13.0. The van der Waals surface area contributed by atoms with Crippen LogP contribution in [0.5, 0.6) is 5.75 Å². The Bertz CT molecular complexity index is 784. The number of ether oxygens (including phenoxy) is 1. The average Bonchev–Trinajstić information content (AvgIpc) is 2.46. The molecule has 0 saturated heterocycles. The first-order chi connectivity index (χ1) is 10.3. The van der Waals surface area contributed by atoms with Gasteiger partial charge >= 0.3 is 12.1 Å². The molecule has 1 N–H and O–H groups in total. The molecule has 9 heteroatoms. The number of carbonyl (C=O) groups excluding carboxylic acids is 1. The first-order valence-corrected chi connectivity index (χ1v) is 5.84. The third kappa shape index (κ3) is 2.78. The highest BCUT2D eigenvalue weighted by molar-refractivity contribution is 5.89. The predicted molar refractivity (Wildman–Crippen MR) is 67.8 cm³/mol. The highest BCUT2D eigenvalue weighted by atomic mass is 19.4. The Kier molecular flexibility index (Phi) is 3.89. The SMILES string of the molecule is COC(=O)c1nn(-c2ccccc2C(F)(F)F)c(=O)cc1O. The molecule has 2 rings (SSSR count). The van der Waals surface area contributed by atoms with Crippen molar-refractivity contribution in [3.8, 4) is 11.4 Å². The first-order valence-electron chi connectivity index (χ1n) is 5.84. The molecule has 1 aromatic heterocycles. The van der Waals surface area contributed by atoms with Gasteiger partial charge in [-0.15, -0.1) is 0 Å². The Balaban J connectivity index is 2.74. The number of nitrogens with zero attached hydrogens (tertiary/aromatic N) is 2. The average molecular weight is 314 g/mol. The summed E-state index contributed by atoms with van der Waals surface area (Å²) in [5, 5.41) is 13.0. The van der Waals surface area contributed by atoms with Gasteiger partial charge in [-0.3, -0.25) is 4.79 Å². The minimum absolute atomic E-state index is 0.384. The molecule has 0 fully saturated rings. The number of rotatable bonds is 2. The van der Waals surface area contributed by atoms with Crippen LogP contribution < -0.4 is 5.56 Å². The zero-order valence-electron chi connectivity index (χ0n) is 11.1. The Morgan fingerprint density at radius 1 is 1.32 bits per heavy atom. The zero-order chi connectivity index (χ0) is 16.5. The molecule has 0 aliphatic carbocycles. The van der Waals surface area contributed by atoms with Gasteiger partial charge in [0.05, 0.1) is 18.4 Å². The summed E-state index contributed by atoms with van der Waals surface area (Å²) in [4.78, 5) is 23.2. The van der Waals surface area contributed by atoms with Crippen LogP contribution in [0.2, 0.25) is 0 Å². The number of hydrogen-bond donors (Lipinski definition) is 1. The predicted octanol–water partition coefficient (Wildman–Crippen LogP) is 1.74. The molecule has 0 unspecified atom stereocenters. The van der Waals surface area contributed by atoms with E-state index in [1.807, 2.05) is 0 Å². The second-order valence-corrected chi connectivity index (χ2v) is 4.13. The van der Waals surface area contributed by atoms with Gasteiger partial charge in [0.25, 0.3) is 5.56 Å². The van der Waals surface area contributed by atoms with E-state index >= 15 is 0 Å². The Morgan fingerprint density at radius 3 is 2.55 bits per heavy atom. The van der Waals surface area contributed by atoms with E-state index < -0.39 is 40.4 Å². The van der Waals surface area contributed by atoms with Gasteiger partial charge in [-0.05, 0) is 12.1 Å². The smallest absolute Gasteiger partial charge is 0.418 e. The van der Waals surface area contributed by atoms with Gasteiger partial charge in [-0.25, -0.2) is 4.79 Å². The van der Waals surface area contributed by atoms with Crippen LogP contribution in [0.1, 0.15) is 16.1 Å². The maximum atomic E-state index is 13.0. The van der Waals surface area contributed by atoms with Crippen LogP contribution in [0.3, 0.4) is 0 Å². The van der Waals surface area contributed by atoms with Gasteiger partial charge in [0.15, 0.2) is 5.75 Å². The van der Waals surface area contributed by atoms with Gasteiger partial charge in [0.1, 0.15) is 0 Å². The lowest BCUT2D eigenvalue weighted by molar-refractivity contribution is -0.137. The van der Waals surface area contributed by atoms with Gasteiger partial charge in [0.2, 0.25) is 5.69 Å². The number of para-hydroxylation sites is 1. The molecule has 0 aliphatic heterocycles. The molecule has 0 bridgehead atoms. The van der Waals surface area contributed by atoms with E-state index in [1.165, 1.54) is 6.07 Å². The molecule has 0 aliphatic rings. The summed E-state index contributed by atoms with van der Waals surface area (Å²) in [6, 6.07) is 4.82. The van der Waals surface area contributed by atoms with E-state index in [0.717, 1.165) is 25.3 Å². The van der Waals surface area contributed by atoms with Crippen molar-refractivity contribution in [2.45, 2.75) is 6.18 Å². The van der Waals surface area contributed by atoms with Crippen LogP contribution in [0.4, 0.5) is 13.2 Å². The Labute approximate surface area is 121 Å². The first kappa shape index (κ1) is 15.5. The second-order valence-electron chi connectivity index (χ2n) is 4.13. The van der Waals surface area contributed by atoms with Crippen molar-refractivity contribution >= 4 is 5.97 Å². The summed E-state index contributed by atoms with van der Waals surface area (Å²) in [6.07, 6.45) is -4.72. The summed E-state index contributed by atoms with van der Waals surface area (Å²) in [5.41, 5.74) is -3.36. The number of alkyl halides is 3. The minimum atomic E-state index is -4.72. The quantitative estimate of drug-likeness (QED) is 0.854. The molecule has 22 heavy (non-hydrogen) atoms. The van der Waals surface area contributed by atoms with Crippen molar-refractivity contribution in [2.24, 2.45) is 0 Å². The normalized spacial score (nSPS) is 11.3. The minimum Gasteiger partial charge on any atom is -0.505 e. The van der Waals surface area contributed by atoms with Crippen LogP contribution >= 0.6 is 0 Å². The van der Waals surface area contributed by atoms with E-state index in [0.29, 0.717) is 10.7 Å². The van der Waals surface area contributed by atoms with Crippen molar-refractivity contribution in [1.82, 2.24) is 9.78 Å². The van der Waals surface area contributed by atoms with Crippen LogP contribution in [0.25, 0.3) is 5.69 Å². The number of esters is 1. The number of benzene rings is 1. The van der Waals surface area contributed by atoms with E-state index in [9.17, 15) is 27.9 Å². The molecule has 0 spiro atoms. The number of aromatic hydroxyl groups is 1. The second kappa shape index (κ2) is 5.51. The van der Waals surface area contributed by atoms with E-state index in [2.05, 4.69) is 9.84 Å². The fourth-order valence-electron chi connectivity index (χ4n) is 1.76. The zero-order valence-corrected chi connectivity index (χ0v) is 11.1. The molecule has 1 aromatic carbocycles. The molecule has 1 heterocycles. The van der Waals surface area contributed by atoms with E-state index in [-0.39, 0.29) is 0 Å². The van der Waals surface area contributed by atoms with E-state index in [1.54, 1.807) is 0 Å². The van der Waals surface area contributed by atoms with Gasteiger partial charge in [0, 0.05) is 6.07 Å². The van der Waals surface area contributed by atoms with Crippen molar-refractivity contribution in [3.05, 3.63) is 51.9 Å². The van der Waals surface area contributed by atoms with Crippen molar-refractivity contribution in [2.75, 3.05) is 7.11 Å². The largest absolute Gasteiger partial charge is 0.505 e. The van der Waals surface area contributed by atoms with Crippen molar-refractivity contribution < 1.29 is 27.8 Å². The standard InChI is InChI=1S/C13H9F3N2O4/c1-22-12(21)11-9(19)6-10(20)18(17-11)8-5-3-2-4-7(8)13(14,15)16/h2-6,19H,1H3. The molecule has 0 amide bonds. The Morgan fingerprint density at radius 2 is 1.95 bits per heavy atom. The molecular weight excluding hydrogens is 305 g/mol. The molecule has 0 atom stereocenters. The summed E-state index contributed by atoms with van der Waals surface area (Å²) >= 11 is 0. The highest BCUT2D eigenvalue weighted by Gasteiger charge is 2.34. The summed E-state index contributed by atoms with van der Waals surface area (Å²) in [6.45, 7) is 0. The van der Waals surface area contributed by atoms with Gasteiger partial charge in [-0.2, -0.15) is 23.0 Å². The monoisotopic (exact) mass is 314 g/mol. The van der Waals surface area contributed by atoms with E-state index in [4.69, 9.17) is 0 Å². The van der Waals surface area contributed by atoms with Crippen molar-refractivity contribution in [3.63, 3.8) is 0 Å². The highest BCUT2D eigenvalue weighted by Crippen LogP contribution is 2.33. The number of methoxy groups -OCH3 is 1. The number of halogens is 3. The lowest BCUT2D eigenvalue weighted by Crippen LogP contribution is -2.25. The molecule has 0 radical (unpaired) electrons.